The van der Waals surface area contributed by atoms with Gasteiger partial charge in [0.15, 0.2) is 5.82 Å². The third kappa shape index (κ3) is 4.99. The predicted octanol–water partition coefficient (Wildman–Crippen LogP) is 5.19. The summed E-state index contributed by atoms with van der Waals surface area (Å²) in [6.45, 7) is 3.95. The number of aromatic nitrogens is 3. The smallest absolute Gasteiger partial charge is 0.319 e. The average Bonchev–Trinajstić information content (AvgIpc) is 3.40. The van der Waals surface area contributed by atoms with Gasteiger partial charge in [-0.15, -0.1) is 6.42 Å². The number of terminal acetylenes is 1. The Balaban J connectivity index is 1.12. The van der Waals surface area contributed by atoms with Crippen molar-refractivity contribution in [2.45, 2.75) is 62.3 Å². The highest BCUT2D eigenvalue weighted by atomic mass is 19.1. The molecule has 4 saturated heterocycles. The molecule has 0 radical (unpaired) electrons. The monoisotopic (exact) mass is 646 g/mol. The molecule has 2 bridgehead atoms. The normalized spacial score (nSPS) is 28.8. The van der Waals surface area contributed by atoms with Gasteiger partial charge >= 0.3 is 6.01 Å². The predicted molar refractivity (Wildman–Crippen MR) is 183 cm³/mol. The van der Waals surface area contributed by atoms with Crippen LogP contribution in [0.5, 0.6) is 11.8 Å². The van der Waals surface area contributed by atoms with Crippen LogP contribution < -0.4 is 15.0 Å². The van der Waals surface area contributed by atoms with E-state index in [-0.39, 0.29) is 28.5 Å². The Bertz CT molecular complexity index is 2020. The quantitative estimate of drug-likeness (QED) is 0.208. The first kappa shape index (κ1) is 29.8. The third-order valence-electron chi connectivity index (χ3n) is 11.2. The number of benzene rings is 2. The molecule has 5 aliphatic rings. The van der Waals surface area contributed by atoms with Crippen LogP contribution in [0.1, 0.15) is 44.1 Å². The number of piperazine rings is 1. The van der Waals surface area contributed by atoms with Crippen LogP contribution in [0.3, 0.4) is 0 Å². The van der Waals surface area contributed by atoms with Gasteiger partial charge in [0.05, 0.1) is 17.0 Å². The Morgan fingerprint density at radius 2 is 2.06 bits per heavy atom. The molecule has 48 heavy (non-hydrogen) atoms. The first-order valence-electron chi connectivity index (χ1n) is 17.1. The number of rotatable bonds is 7. The van der Waals surface area contributed by atoms with Crippen LogP contribution >= 0.6 is 0 Å². The second-order valence-corrected chi connectivity index (χ2v) is 14.3. The largest absolute Gasteiger partial charge is 0.508 e. The maximum atomic E-state index is 16.9. The van der Waals surface area contributed by atoms with E-state index in [0.29, 0.717) is 63.8 Å². The molecule has 9 nitrogen and oxygen atoms in total. The number of methoxy groups -OCH3 is 1. The second kappa shape index (κ2) is 11.4. The van der Waals surface area contributed by atoms with Gasteiger partial charge in [-0.2, -0.15) is 9.97 Å². The number of anilines is 1. The number of phenolic OH excluding ortho intramolecular Hbond substituents is 1. The summed E-state index contributed by atoms with van der Waals surface area (Å²) in [5.74, 6) is 3.27. The Hall–Kier alpha value is -4.30. The molecule has 3 unspecified atom stereocenters. The van der Waals surface area contributed by atoms with Crippen LogP contribution in [0.15, 0.2) is 48.2 Å². The van der Waals surface area contributed by atoms with Crippen molar-refractivity contribution in [1.82, 2.24) is 25.2 Å². The van der Waals surface area contributed by atoms with Crippen molar-refractivity contribution in [1.29, 1.82) is 0 Å². The SMILES string of the molecule is C#Cc1cccc2cc(O)cc(-c3ncc4c(N5C[C@H]6CC[C@@H](C5)N6)nc(OCC56CCCN5CC(=CC5CC5OC)C6)nc4c3F)c12. The molecule has 5 fully saturated rings. The molecular formula is C38H39FN6O3. The Kier molecular flexibility index (Phi) is 7.08. The molecule has 1 aliphatic carbocycles. The molecule has 1 saturated carbocycles. The maximum Gasteiger partial charge on any atom is 0.319 e. The zero-order chi connectivity index (χ0) is 32.6. The van der Waals surface area contributed by atoms with Crippen molar-refractivity contribution in [2.75, 3.05) is 44.8 Å². The Morgan fingerprint density at radius 1 is 1.21 bits per heavy atom. The summed E-state index contributed by atoms with van der Waals surface area (Å²) in [5.41, 5.74) is 2.56. The first-order chi connectivity index (χ1) is 23.4. The van der Waals surface area contributed by atoms with Crippen LogP contribution in [0.25, 0.3) is 32.9 Å². The summed E-state index contributed by atoms with van der Waals surface area (Å²) in [6.07, 6.45) is 16.7. The second-order valence-electron chi connectivity index (χ2n) is 14.3. The van der Waals surface area contributed by atoms with E-state index in [9.17, 15) is 5.11 Å². The Labute approximate surface area is 279 Å². The van der Waals surface area contributed by atoms with Crippen LogP contribution in [-0.2, 0) is 4.74 Å². The Morgan fingerprint density at radius 3 is 2.85 bits per heavy atom. The van der Waals surface area contributed by atoms with Gasteiger partial charge in [0, 0.05) is 67.5 Å². The summed E-state index contributed by atoms with van der Waals surface area (Å²) in [6, 6.07) is 9.50. The van der Waals surface area contributed by atoms with Crippen LogP contribution in [-0.4, -0.2) is 88.6 Å². The summed E-state index contributed by atoms with van der Waals surface area (Å²) in [5, 5.41) is 16.2. The van der Waals surface area contributed by atoms with Gasteiger partial charge in [0.2, 0.25) is 0 Å². The molecule has 4 aliphatic heterocycles. The lowest BCUT2D eigenvalue weighted by Gasteiger charge is -2.34. The third-order valence-corrected chi connectivity index (χ3v) is 11.2. The van der Waals surface area contributed by atoms with E-state index in [2.05, 4.69) is 32.1 Å². The van der Waals surface area contributed by atoms with Crippen LogP contribution in [0, 0.1) is 24.1 Å². The van der Waals surface area contributed by atoms with Gasteiger partial charge in [0.1, 0.15) is 29.4 Å². The lowest BCUT2D eigenvalue weighted by atomic mass is 9.93. The standard InChI is InChI=1S/C38H39FN6O3/c1-3-23-6-4-7-24-13-28(46)15-29(32(23)24)34-33(39)35-30(17-40-34)36(44-19-26-8-9-27(20-44)41-26)43-37(42-35)48-21-38-10-5-11-45(38)18-22(16-38)12-25-14-31(25)47-2/h1,4,6-7,12-13,15,17,25-27,31,41,46H,5,8-11,14,16,18-21H2,2H3/t25?,26-,27+,31?,38?. The van der Waals surface area contributed by atoms with E-state index in [1.54, 1.807) is 19.4 Å². The summed E-state index contributed by atoms with van der Waals surface area (Å²) in [4.78, 5) is 19.1. The number of hydrogen-bond donors (Lipinski definition) is 2. The zero-order valence-electron chi connectivity index (χ0n) is 27.1. The fraction of sp³-hybridized carbons (Fsp3) is 0.447. The van der Waals surface area contributed by atoms with Crippen LogP contribution in [0.4, 0.5) is 10.2 Å². The molecule has 10 heteroatoms. The van der Waals surface area contributed by atoms with Crippen molar-refractivity contribution >= 4 is 27.5 Å². The van der Waals surface area contributed by atoms with E-state index >= 15 is 4.39 Å². The highest BCUT2D eigenvalue weighted by Gasteiger charge is 2.48. The van der Waals surface area contributed by atoms with Crippen molar-refractivity contribution in [3.8, 4) is 35.4 Å². The maximum absolute atomic E-state index is 16.9. The molecule has 2 aromatic heterocycles. The van der Waals surface area contributed by atoms with E-state index in [0.717, 1.165) is 64.7 Å². The number of fused-ring (bicyclic) bond motifs is 5. The molecule has 2 aromatic carbocycles. The highest BCUT2D eigenvalue weighted by Crippen LogP contribution is 2.45. The molecule has 0 spiro atoms. The van der Waals surface area contributed by atoms with Crippen molar-refractivity contribution in [2.24, 2.45) is 5.92 Å². The minimum Gasteiger partial charge on any atom is -0.508 e. The lowest BCUT2D eigenvalue weighted by molar-refractivity contribution is 0.108. The van der Waals surface area contributed by atoms with Gasteiger partial charge in [-0.1, -0.05) is 29.7 Å². The molecular weight excluding hydrogens is 607 g/mol. The van der Waals surface area contributed by atoms with E-state index in [1.165, 1.54) is 11.6 Å². The van der Waals surface area contributed by atoms with Crippen LogP contribution in [0.2, 0.25) is 0 Å². The molecule has 0 amide bonds. The summed E-state index contributed by atoms with van der Waals surface area (Å²) < 4.78 is 29.0. The van der Waals surface area contributed by atoms with Crippen molar-refractivity contribution < 1.29 is 19.0 Å². The van der Waals surface area contributed by atoms with Crippen molar-refractivity contribution in [3.63, 3.8) is 0 Å². The van der Waals surface area contributed by atoms with Gasteiger partial charge in [-0.05, 0) is 68.7 Å². The van der Waals surface area contributed by atoms with E-state index in [1.807, 2.05) is 18.2 Å². The number of phenols is 1. The fourth-order valence-corrected chi connectivity index (χ4v) is 8.83. The summed E-state index contributed by atoms with van der Waals surface area (Å²) >= 11 is 0. The van der Waals surface area contributed by atoms with Gasteiger partial charge in [0.25, 0.3) is 0 Å². The topological polar surface area (TPSA) is 95.9 Å². The number of nitrogens with zero attached hydrogens (tertiary/aromatic N) is 5. The zero-order valence-corrected chi connectivity index (χ0v) is 27.1. The fourth-order valence-electron chi connectivity index (χ4n) is 8.83. The first-order valence-corrected chi connectivity index (χ1v) is 17.1. The molecule has 9 rings (SSSR count). The number of halogens is 1. The minimum absolute atomic E-state index is 0.00134. The number of aromatic hydroxyl groups is 1. The number of pyridine rings is 1. The van der Waals surface area contributed by atoms with E-state index < -0.39 is 5.82 Å². The molecule has 2 N–H and O–H groups in total. The lowest BCUT2D eigenvalue weighted by Crippen LogP contribution is -2.51. The molecule has 5 atom stereocenters. The molecule has 4 aromatic rings. The number of hydrogen-bond acceptors (Lipinski definition) is 9. The minimum atomic E-state index is -0.596. The molecule has 246 valence electrons. The number of nitrogens with one attached hydrogen (secondary N) is 1. The summed E-state index contributed by atoms with van der Waals surface area (Å²) in [7, 11) is 1.79. The molecule has 6 heterocycles. The van der Waals surface area contributed by atoms with Gasteiger partial charge in [-0.25, -0.2) is 4.39 Å². The number of ether oxygens (including phenoxy) is 2. The van der Waals surface area contributed by atoms with Gasteiger partial charge in [-0.3, -0.25) is 9.88 Å². The highest BCUT2D eigenvalue weighted by molar-refractivity contribution is 6.02. The average molecular weight is 647 g/mol. The van der Waals surface area contributed by atoms with Gasteiger partial charge < -0.3 is 24.8 Å². The van der Waals surface area contributed by atoms with E-state index in [4.69, 9.17) is 25.9 Å². The van der Waals surface area contributed by atoms with Crippen molar-refractivity contribution in [3.05, 3.63) is 59.6 Å².